The van der Waals surface area contributed by atoms with Gasteiger partial charge >= 0.3 is 5.97 Å². The number of carbonyl (C=O) groups is 1. The average molecular weight is 253 g/mol. The molecule has 18 heavy (non-hydrogen) atoms. The molecule has 0 atom stereocenters. The second kappa shape index (κ2) is 6.96. The van der Waals surface area contributed by atoms with Crippen LogP contribution in [0.1, 0.15) is 30.6 Å². The maximum absolute atomic E-state index is 11.2. The molecule has 1 aromatic heterocycles. The quantitative estimate of drug-likeness (QED) is 0.749. The first kappa shape index (κ1) is 14.4. The number of hydrogen-bond donors (Lipinski definition) is 1. The number of ether oxygens (including phenoxy) is 1. The summed E-state index contributed by atoms with van der Waals surface area (Å²) in [6, 6.07) is 1.26. The fourth-order valence-corrected chi connectivity index (χ4v) is 1.42. The molecule has 0 bridgehead atoms. The van der Waals surface area contributed by atoms with Crippen molar-refractivity contribution in [3.05, 3.63) is 34.2 Å². The minimum absolute atomic E-state index is 0.209. The zero-order chi connectivity index (χ0) is 13.5. The molecule has 100 valence electrons. The Hall–Kier alpha value is -1.62. The second-order valence-electron chi connectivity index (χ2n) is 4.56. The summed E-state index contributed by atoms with van der Waals surface area (Å²) in [5, 5.41) is 8.82. The smallest absolute Gasteiger partial charge is 0.341 e. The zero-order valence-electron chi connectivity index (χ0n) is 10.8. The summed E-state index contributed by atoms with van der Waals surface area (Å²) < 4.78 is 7.09. The van der Waals surface area contributed by atoms with Crippen LogP contribution in [0.2, 0.25) is 0 Å². The lowest BCUT2D eigenvalue weighted by molar-refractivity contribution is 0.0693. The number of hydrogen-bond acceptors (Lipinski definition) is 3. The van der Waals surface area contributed by atoms with Crippen molar-refractivity contribution >= 4 is 5.97 Å². The first-order valence-electron chi connectivity index (χ1n) is 6.02. The Kier molecular flexibility index (Phi) is 5.58. The summed E-state index contributed by atoms with van der Waals surface area (Å²) in [7, 11) is 0. The van der Waals surface area contributed by atoms with Crippen LogP contribution in [0.5, 0.6) is 0 Å². The van der Waals surface area contributed by atoms with E-state index in [1.165, 1.54) is 12.3 Å². The van der Waals surface area contributed by atoms with E-state index in [4.69, 9.17) is 9.84 Å². The molecule has 0 amide bonds. The standard InChI is InChI=1S/C13H19NO4/c1-10(2)4-7-18-8-6-14-5-3-12(15)11(9-14)13(16)17/h3,5,9-10H,4,6-8H2,1-2H3,(H,16,17). The number of aromatic nitrogens is 1. The highest BCUT2D eigenvalue weighted by atomic mass is 16.5. The average Bonchev–Trinajstić information content (AvgIpc) is 2.30. The highest BCUT2D eigenvalue weighted by molar-refractivity contribution is 5.86. The van der Waals surface area contributed by atoms with Crippen molar-refractivity contribution in [3.8, 4) is 0 Å². The SMILES string of the molecule is CC(C)CCOCCn1ccc(=O)c(C(=O)O)c1. The molecule has 5 heteroatoms. The van der Waals surface area contributed by atoms with Crippen molar-refractivity contribution < 1.29 is 14.6 Å². The van der Waals surface area contributed by atoms with Gasteiger partial charge in [-0.3, -0.25) is 4.79 Å². The molecule has 0 aliphatic heterocycles. The van der Waals surface area contributed by atoms with Gasteiger partial charge in [-0.25, -0.2) is 4.79 Å². The second-order valence-corrected chi connectivity index (χ2v) is 4.56. The van der Waals surface area contributed by atoms with Gasteiger partial charge < -0.3 is 14.4 Å². The predicted molar refractivity (Wildman–Crippen MR) is 67.9 cm³/mol. The normalized spacial score (nSPS) is 10.8. The highest BCUT2D eigenvalue weighted by Crippen LogP contribution is 1.99. The Labute approximate surface area is 106 Å². The van der Waals surface area contributed by atoms with Gasteiger partial charge in [-0.1, -0.05) is 13.8 Å². The predicted octanol–water partition coefficient (Wildman–Crippen LogP) is 1.61. The number of rotatable bonds is 7. The van der Waals surface area contributed by atoms with Crippen LogP contribution in [0, 0.1) is 5.92 Å². The molecular formula is C13H19NO4. The first-order valence-corrected chi connectivity index (χ1v) is 6.02. The van der Waals surface area contributed by atoms with Gasteiger partial charge in [0.2, 0.25) is 0 Å². The minimum atomic E-state index is -1.20. The van der Waals surface area contributed by atoms with Crippen LogP contribution in [0.4, 0.5) is 0 Å². The largest absolute Gasteiger partial charge is 0.477 e. The third-order valence-electron chi connectivity index (χ3n) is 2.54. The summed E-state index contributed by atoms with van der Waals surface area (Å²) in [5.74, 6) is -0.592. The van der Waals surface area contributed by atoms with E-state index in [0.717, 1.165) is 6.42 Å². The molecule has 0 spiro atoms. The Morgan fingerprint density at radius 3 is 2.78 bits per heavy atom. The summed E-state index contributed by atoms with van der Waals surface area (Å²) >= 11 is 0. The number of carboxylic acids is 1. The van der Waals surface area contributed by atoms with E-state index in [9.17, 15) is 9.59 Å². The molecule has 0 aromatic carbocycles. The molecule has 1 heterocycles. The molecule has 0 unspecified atom stereocenters. The third kappa shape index (κ3) is 4.71. The fourth-order valence-electron chi connectivity index (χ4n) is 1.42. The van der Waals surface area contributed by atoms with Gasteiger partial charge in [0.15, 0.2) is 5.43 Å². The minimum Gasteiger partial charge on any atom is -0.477 e. The monoisotopic (exact) mass is 253 g/mol. The molecule has 0 aliphatic carbocycles. The number of pyridine rings is 1. The Morgan fingerprint density at radius 1 is 1.44 bits per heavy atom. The van der Waals surface area contributed by atoms with Crippen molar-refractivity contribution in [1.82, 2.24) is 4.57 Å². The lowest BCUT2D eigenvalue weighted by atomic mass is 10.1. The summed E-state index contributed by atoms with van der Waals surface area (Å²) in [4.78, 5) is 22.0. The summed E-state index contributed by atoms with van der Waals surface area (Å²) in [5.41, 5.74) is -0.681. The number of carboxylic acid groups (broad SMARTS) is 1. The lowest BCUT2D eigenvalue weighted by Crippen LogP contribution is -2.17. The van der Waals surface area contributed by atoms with E-state index < -0.39 is 11.4 Å². The van der Waals surface area contributed by atoms with Gasteiger partial charge in [-0.2, -0.15) is 0 Å². The molecule has 0 saturated heterocycles. The van der Waals surface area contributed by atoms with Gasteiger partial charge in [0.05, 0.1) is 6.61 Å². The van der Waals surface area contributed by atoms with Crippen molar-refractivity contribution in [2.24, 2.45) is 5.92 Å². The van der Waals surface area contributed by atoms with E-state index in [1.807, 2.05) is 0 Å². The molecule has 0 radical (unpaired) electrons. The molecule has 0 aliphatic rings. The van der Waals surface area contributed by atoms with Gasteiger partial charge in [0.25, 0.3) is 0 Å². The van der Waals surface area contributed by atoms with Crippen molar-refractivity contribution in [2.75, 3.05) is 13.2 Å². The van der Waals surface area contributed by atoms with E-state index in [1.54, 1.807) is 10.8 Å². The number of aromatic carboxylic acids is 1. The van der Waals surface area contributed by atoms with E-state index in [-0.39, 0.29) is 5.56 Å². The molecule has 1 N–H and O–H groups in total. The first-order chi connectivity index (χ1) is 8.50. The maximum atomic E-state index is 11.2. The van der Waals surface area contributed by atoms with Crippen LogP contribution < -0.4 is 5.43 Å². The third-order valence-corrected chi connectivity index (χ3v) is 2.54. The fraction of sp³-hybridized carbons (Fsp3) is 0.538. The van der Waals surface area contributed by atoms with Gasteiger partial charge in [0.1, 0.15) is 5.56 Å². The van der Waals surface area contributed by atoms with Crippen molar-refractivity contribution in [1.29, 1.82) is 0 Å². The van der Waals surface area contributed by atoms with Gasteiger partial charge in [-0.05, 0) is 12.3 Å². The van der Waals surface area contributed by atoms with Crippen LogP contribution in [0.25, 0.3) is 0 Å². The Morgan fingerprint density at radius 2 is 2.17 bits per heavy atom. The van der Waals surface area contributed by atoms with E-state index >= 15 is 0 Å². The van der Waals surface area contributed by atoms with Crippen LogP contribution >= 0.6 is 0 Å². The van der Waals surface area contributed by atoms with Gasteiger partial charge in [-0.15, -0.1) is 0 Å². The molecule has 5 nitrogen and oxygen atoms in total. The molecule has 0 fully saturated rings. The Bertz CT molecular complexity index is 451. The van der Waals surface area contributed by atoms with Crippen molar-refractivity contribution in [2.45, 2.75) is 26.8 Å². The van der Waals surface area contributed by atoms with Crippen molar-refractivity contribution in [3.63, 3.8) is 0 Å². The molecular weight excluding hydrogens is 234 g/mol. The number of nitrogens with zero attached hydrogens (tertiary/aromatic N) is 1. The molecule has 1 aromatic rings. The zero-order valence-corrected chi connectivity index (χ0v) is 10.8. The Balaban J connectivity index is 2.46. The van der Waals surface area contributed by atoms with Crippen LogP contribution in [0.15, 0.2) is 23.3 Å². The highest BCUT2D eigenvalue weighted by Gasteiger charge is 2.07. The summed E-state index contributed by atoms with van der Waals surface area (Å²) in [6.45, 7) is 6.01. The summed E-state index contributed by atoms with van der Waals surface area (Å²) in [6.07, 6.45) is 3.92. The topological polar surface area (TPSA) is 68.5 Å². The van der Waals surface area contributed by atoms with E-state index in [2.05, 4.69) is 13.8 Å². The maximum Gasteiger partial charge on any atom is 0.341 e. The van der Waals surface area contributed by atoms with Crippen LogP contribution in [-0.2, 0) is 11.3 Å². The molecule has 0 saturated carbocycles. The van der Waals surface area contributed by atoms with E-state index in [0.29, 0.717) is 25.7 Å². The lowest BCUT2D eigenvalue weighted by Gasteiger charge is -2.09. The van der Waals surface area contributed by atoms with Crippen LogP contribution in [0.3, 0.4) is 0 Å². The molecule has 1 rings (SSSR count). The van der Waals surface area contributed by atoms with Crippen LogP contribution in [-0.4, -0.2) is 28.9 Å². The van der Waals surface area contributed by atoms with Gasteiger partial charge in [0, 0.05) is 31.6 Å².